The van der Waals surface area contributed by atoms with E-state index >= 15 is 0 Å². The summed E-state index contributed by atoms with van der Waals surface area (Å²) in [5, 5.41) is 3.04. The van der Waals surface area contributed by atoms with Crippen LogP contribution in [0.1, 0.15) is 31.7 Å². The predicted octanol–water partition coefficient (Wildman–Crippen LogP) is 1.83. The van der Waals surface area contributed by atoms with Crippen molar-refractivity contribution in [1.82, 2.24) is 5.32 Å². The van der Waals surface area contributed by atoms with Gasteiger partial charge in [0.1, 0.15) is 5.75 Å². The van der Waals surface area contributed by atoms with Crippen molar-refractivity contribution in [2.45, 2.75) is 38.8 Å². The Morgan fingerprint density at radius 2 is 2.21 bits per heavy atom. The van der Waals surface area contributed by atoms with E-state index in [0.29, 0.717) is 24.3 Å². The lowest BCUT2D eigenvalue weighted by Crippen LogP contribution is -2.39. The van der Waals surface area contributed by atoms with E-state index in [-0.39, 0.29) is 12.5 Å². The molecule has 19 heavy (non-hydrogen) atoms. The lowest BCUT2D eigenvalue weighted by Gasteiger charge is -2.17. The molecular formula is C15H22N2O2. The number of benzene rings is 1. The van der Waals surface area contributed by atoms with Crippen LogP contribution >= 0.6 is 0 Å². The van der Waals surface area contributed by atoms with Crippen LogP contribution < -0.4 is 15.8 Å². The second kappa shape index (κ2) is 6.57. The van der Waals surface area contributed by atoms with Gasteiger partial charge in [-0.2, -0.15) is 0 Å². The van der Waals surface area contributed by atoms with Crippen molar-refractivity contribution in [3.63, 3.8) is 0 Å². The molecule has 2 rings (SSSR count). The molecule has 0 aromatic heterocycles. The average Bonchev–Trinajstić information content (AvgIpc) is 2.82. The lowest BCUT2D eigenvalue weighted by atomic mass is 10.1. The maximum absolute atomic E-state index is 11.9. The second-order valence-corrected chi connectivity index (χ2v) is 5.18. The minimum atomic E-state index is -0.0504. The first-order valence-corrected chi connectivity index (χ1v) is 6.91. The van der Waals surface area contributed by atoms with Gasteiger partial charge in [0.05, 0.1) is 0 Å². The van der Waals surface area contributed by atoms with Crippen molar-refractivity contribution in [1.29, 1.82) is 0 Å². The van der Waals surface area contributed by atoms with Gasteiger partial charge < -0.3 is 15.8 Å². The van der Waals surface area contributed by atoms with Gasteiger partial charge in [-0.25, -0.2) is 0 Å². The topological polar surface area (TPSA) is 64.3 Å². The predicted molar refractivity (Wildman–Crippen MR) is 74.8 cm³/mol. The van der Waals surface area contributed by atoms with Gasteiger partial charge in [0.25, 0.3) is 5.91 Å². The van der Waals surface area contributed by atoms with Crippen LogP contribution in [0.2, 0.25) is 0 Å². The van der Waals surface area contributed by atoms with Gasteiger partial charge in [-0.3, -0.25) is 4.79 Å². The van der Waals surface area contributed by atoms with Crippen LogP contribution in [0.25, 0.3) is 0 Å². The van der Waals surface area contributed by atoms with Crippen LogP contribution in [0.3, 0.4) is 0 Å². The van der Waals surface area contributed by atoms with E-state index in [4.69, 9.17) is 10.5 Å². The standard InChI is InChI=1S/C15H22N2O2/c1-11-5-4-7-13(11)17-15(18)10-19-14-8-3-2-6-12(14)9-16/h2-3,6,8,11,13H,4-5,7,9-10,16H2,1H3,(H,17,18). The fraction of sp³-hybridized carbons (Fsp3) is 0.533. The molecule has 1 aliphatic rings. The van der Waals surface area contributed by atoms with Gasteiger partial charge in [-0.05, 0) is 24.8 Å². The van der Waals surface area contributed by atoms with E-state index in [9.17, 15) is 4.79 Å². The lowest BCUT2D eigenvalue weighted by molar-refractivity contribution is -0.124. The Kier molecular flexibility index (Phi) is 4.80. The molecule has 1 amide bonds. The van der Waals surface area contributed by atoms with E-state index in [1.54, 1.807) is 0 Å². The highest BCUT2D eigenvalue weighted by Gasteiger charge is 2.24. The molecule has 1 aromatic rings. The molecule has 4 heteroatoms. The molecule has 0 bridgehead atoms. The quantitative estimate of drug-likeness (QED) is 0.851. The van der Waals surface area contributed by atoms with E-state index in [2.05, 4.69) is 12.2 Å². The zero-order valence-corrected chi connectivity index (χ0v) is 11.4. The second-order valence-electron chi connectivity index (χ2n) is 5.18. The Morgan fingerprint density at radius 3 is 2.89 bits per heavy atom. The van der Waals surface area contributed by atoms with Crippen molar-refractivity contribution in [2.24, 2.45) is 11.7 Å². The Hall–Kier alpha value is -1.55. The molecule has 4 nitrogen and oxygen atoms in total. The third kappa shape index (κ3) is 3.70. The molecule has 3 N–H and O–H groups in total. The van der Waals surface area contributed by atoms with Crippen LogP contribution in [-0.2, 0) is 11.3 Å². The number of para-hydroxylation sites is 1. The Balaban J connectivity index is 1.83. The highest BCUT2D eigenvalue weighted by atomic mass is 16.5. The zero-order chi connectivity index (χ0) is 13.7. The van der Waals surface area contributed by atoms with Crippen LogP contribution in [0.15, 0.2) is 24.3 Å². The van der Waals surface area contributed by atoms with Crippen molar-refractivity contribution >= 4 is 5.91 Å². The average molecular weight is 262 g/mol. The first-order chi connectivity index (χ1) is 9.20. The van der Waals surface area contributed by atoms with Crippen LogP contribution in [-0.4, -0.2) is 18.6 Å². The molecule has 2 atom stereocenters. The monoisotopic (exact) mass is 262 g/mol. The van der Waals surface area contributed by atoms with Gasteiger partial charge in [0.15, 0.2) is 6.61 Å². The number of amides is 1. The molecule has 1 aliphatic carbocycles. The summed E-state index contributed by atoms with van der Waals surface area (Å²) in [5.41, 5.74) is 6.55. The van der Waals surface area contributed by atoms with Crippen LogP contribution in [0.4, 0.5) is 0 Å². The number of ether oxygens (including phenoxy) is 1. The maximum Gasteiger partial charge on any atom is 0.258 e. The Bertz CT molecular complexity index is 434. The summed E-state index contributed by atoms with van der Waals surface area (Å²) in [5.74, 6) is 1.21. The molecule has 1 saturated carbocycles. The van der Waals surface area contributed by atoms with Crippen LogP contribution in [0.5, 0.6) is 5.75 Å². The molecule has 0 saturated heterocycles. The fourth-order valence-electron chi connectivity index (χ4n) is 2.56. The molecule has 0 spiro atoms. The molecule has 1 aromatic carbocycles. The summed E-state index contributed by atoms with van der Waals surface area (Å²) >= 11 is 0. The molecule has 0 aliphatic heterocycles. The number of nitrogens with one attached hydrogen (secondary N) is 1. The van der Waals surface area contributed by atoms with Crippen molar-refractivity contribution in [3.05, 3.63) is 29.8 Å². The third-order valence-electron chi connectivity index (χ3n) is 3.76. The van der Waals surface area contributed by atoms with Gasteiger partial charge >= 0.3 is 0 Å². The number of hydrogen-bond acceptors (Lipinski definition) is 3. The first kappa shape index (κ1) is 13.9. The minimum Gasteiger partial charge on any atom is -0.483 e. The molecule has 0 heterocycles. The summed E-state index contributed by atoms with van der Waals surface area (Å²) in [6.45, 7) is 2.65. The van der Waals surface area contributed by atoms with Gasteiger partial charge in [0, 0.05) is 18.2 Å². The normalized spacial score (nSPS) is 22.2. The molecule has 2 unspecified atom stereocenters. The molecular weight excluding hydrogens is 240 g/mol. The molecule has 104 valence electrons. The summed E-state index contributed by atoms with van der Waals surface area (Å²) in [6.07, 6.45) is 3.47. The van der Waals surface area contributed by atoms with Gasteiger partial charge in [0.2, 0.25) is 0 Å². The largest absolute Gasteiger partial charge is 0.483 e. The third-order valence-corrected chi connectivity index (χ3v) is 3.76. The van der Waals surface area contributed by atoms with E-state index in [1.165, 1.54) is 12.8 Å². The number of carbonyl (C=O) groups excluding carboxylic acids is 1. The highest BCUT2D eigenvalue weighted by Crippen LogP contribution is 2.24. The summed E-state index contributed by atoms with van der Waals surface area (Å²) in [7, 11) is 0. The van der Waals surface area contributed by atoms with Crippen molar-refractivity contribution in [2.75, 3.05) is 6.61 Å². The SMILES string of the molecule is CC1CCCC1NC(=O)COc1ccccc1CN. The number of hydrogen-bond donors (Lipinski definition) is 2. The highest BCUT2D eigenvalue weighted by molar-refractivity contribution is 5.78. The zero-order valence-electron chi connectivity index (χ0n) is 11.4. The fourth-order valence-corrected chi connectivity index (χ4v) is 2.56. The summed E-state index contributed by atoms with van der Waals surface area (Å²) in [6, 6.07) is 7.85. The first-order valence-electron chi connectivity index (χ1n) is 6.91. The number of rotatable bonds is 5. The maximum atomic E-state index is 11.9. The van der Waals surface area contributed by atoms with E-state index in [1.807, 2.05) is 24.3 Å². The minimum absolute atomic E-state index is 0.0504. The molecule has 0 radical (unpaired) electrons. The van der Waals surface area contributed by atoms with E-state index in [0.717, 1.165) is 12.0 Å². The Labute approximate surface area is 114 Å². The van der Waals surface area contributed by atoms with Crippen molar-refractivity contribution in [3.8, 4) is 5.75 Å². The van der Waals surface area contributed by atoms with Crippen molar-refractivity contribution < 1.29 is 9.53 Å². The number of nitrogens with two attached hydrogens (primary N) is 1. The number of carbonyl (C=O) groups is 1. The van der Waals surface area contributed by atoms with E-state index < -0.39 is 0 Å². The smallest absolute Gasteiger partial charge is 0.258 e. The molecule has 1 fully saturated rings. The Morgan fingerprint density at radius 1 is 1.42 bits per heavy atom. The van der Waals surface area contributed by atoms with Gasteiger partial charge in [-0.1, -0.05) is 31.5 Å². The van der Waals surface area contributed by atoms with Crippen LogP contribution in [0, 0.1) is 5.92 Å². The summed E-state index contributed by atoms with van der Waals surface area (Å²) in [4.78, 5) is 11.9. The van der Waals surface area contributed by atoms with Gasteiger partial charge in [-0.15, -0.1) is 0 Å². The summed E-state index contributed by atoms with van der Waals surface area (Å²) < 4.78 is 5.54.